The Morgan fingerprint density at radius 2 is 2.50 bits per heavy atom. The molecule has 0 N–H and O–H groups in total. The molecule has 6 heavy (non-hydrogen) atoms. The van der Waals surface area contributed by atoms with Gasteiger partial charge in [-0.3, -0.25) is 0 Å². The summed E-state index contributed by atoms with van der Waals surface area (Å²) in [5.41, 5.74) is 0. The number of hydrogen-bond acceptors (Lipinski definition) is 3. The molecular weight excluding hydrogens is 115 g/mol. The average Bonchev–Trinajstić information content (AvgIpc) is 1.61. The van der Waals surface area contributed by atoms with Crippen molar-refractivity contribution in [2.45, 2.75) is 6.92 Å². The van der Waals surface area contributed by atoms with Gasteiger partial charge in [0.2, 0.25) is 0 Å². The quantitative estimate of drug-likeness (QED) is 0.318. The van der Waals surface area contributed by atoms with Gasteiger partial charge < -0.3 is 0 Å². The van der Waals surface area contributed by atoms with Gasteiger partial charge in [0, 0.05) is 0 Å². The third kappa shape index (κ3) is 4.56. The van der Waals surface area contributed by atoms with Crippen LogP contribution in [0.15, 0.2) is 0 Å². The molecule has 0 fully saturated rings. The molecule has 0 aliphatic heterocycles. The van der Waals surface area contributed by atoms with E-state index in [1.54, 1.807) is 10.8 Å². The summed E-state index contributed by atoms with van der Waals surface area (Å²) in [6.45, 7) is 2.02. The molecular formula is C2H5BOS2. The molecule has 0 aliphatic rings. The van der Waals surface area contributed by atoms with Crippen LogP contribution in [0.3, 0.4) is 0 Å². The van der Waals surface area contributed by atoms with E-state index in [2.05, 4.69) is 0 Å². The van der Waals surface area contributed by atoms with Crippen LogP contribution in [-0.2, 0) is 4.70 Å². The third-order valence-electron chi connectivity index (χ3n) is 0.225. The van der Waals surface area contributed by atoms with Gasteiger partial charge >= 0.3 is 45.2 Å². The normalized spacial score (nSPS) is 7.50. The Kier molecular flexibility index (Phi) is 6.09. The van der Waals surface area contributed by atoms with Gasteiger partial charge in [0.05, 0.1) is 0 Å². The average molecular weight is 120 g/mol. The van der Waals surface area contributed by atoms with Gasteiger partial charge in [0.1, 0.15) is 0 Å². The Morgan fingerprint density at radius 3 is 2.67 bits per heavy atom. The second-order valence-electron chi connectivity index (χ2n) is 0.599. The molecule has 0 aromatic heterocycles. The van der Waals surface area contributed by atoms with Crippen LogP contribution in [0, 0.1) is 0 Å². The zero-order valence-corrected chi connectivity index (χ0v) is 5.14. The van der Waals surface area contributed by atoms with Crippen molar-refractivity contribution in [1.82, 2.24) is 0 Å². The van der Waals surface area contributed by atoms with Crippen molar-refractivity contribution in [1.29, 1.82) is 0 Å². The second-order valence-corrected chi connectivity index (χ2v) is 3.08. The molecule has 0 spiro atoms. The molecule has 0 rings (SSSR count). The topological polar surface area (TPSA) is 17.1 Å². The van der Waals surface area contributed by atoms with Crippen LogP contribution in [0.4, 0.5) is 0 Å². The van der Waals surface area contributed by atoms with E-state index < -0.39 is 0 Å². The molecule has 0 aromatic carbocycles. The first-order chi connectivity index (χ1) is 2.91. The predicted octanol–water partition coefficient (Wildman–Crippen LogP) is 1.35. The van der Waals surface area contributed by atoms with E-state index in [1.807, 2.05) is 6.92 Å². The van der Waals surface area contributed by atoms with Crippen LogP contribution in [0.5, 0.6) is 0 Å². The van der Waals surface area contributed by atoms with E-state index in [0.29, 0.717) is 0 Å². The van der Waals surface area contributed by atoms with Crippen LogP contribution >= 0.6 is 21.4 Å². The van der Waals surface area contributed by atoms with Crippen molar-refractivity contribution in [3.63, 3.8) is 0 Å². The molecule has 0 saturated heterocycles. The fourth-order valence-electron chi connectivity index (χ4n) is 0.0958. The molecule has 0 aliphatic carbocycles. The van der Waals surface area contributed by atoms with E-state index in [-0.39, 0.29) is 0 Å². The van der Waals surface area contributed by atoms with Crippen molar-refractivity contribution in [2.75, 3.05) is 5.75 Å². The molecule has 0 radical (unpaired) electrons. The van der Waals surface area contributed by atoms with Crippen LogP contribution in [0.2, 0.25) is 0 Å². The Labute approximate surface area is 45.8 Å². The van der Waals surface area contributed by atoms with Crippen molar-refractivity contribution >= 4 is 27.9 Å². The van der Waals surface area contributed by atoms with Gasteiger partial charge in [-0.2, -0.15) is 0 Å². The summed E-state index contributed by atoms with van der Waals surface area (Å²) < 4.78 is 9.51. The predicted molar refractivity (Wildman–Crippen MR) is 32.2 cm³/mol. The maximum atomic E-state index is 9.51. The van der Waals surface area contributed by atoms with Crippen molar-refractivity contribution in [2.24, 2.45) is 0 Å². The van der Waals surface area contributed by atoms with Crippen molar-refractivity contribution < 1.29 is 4.70 Å². The van der Waals surface area contributed by atoms with Crippen molar-refractivity contribution in [3.05, 3.63) is 0 Å². The molecule has 0 amide bonds. The molecule has 0 unspecified atom stereocenters. The van der Waals surface area contributed by atoms with Crippen LogP contribution in [-0.4, -0.2) is 12.2 Å². The van der Waals surface area contributed by atoms with E-state index in [1.165, 1.54) is 10.6 Å². The van der Waals surface area contributed by atoms with E-state index in [4.69, 9.17) is 0 Å². The summed E-state index contributed by atoms with van der Waals surface area (Å²) in [5.74, 6) is 1.00. The molecule has 0 aromatic rings. The first kappa shape index (κ1) is 6.56. The third-order valence-corrected chi connectivity index (χ3v) is 2.03. The minimum atomic E-state index is 0.841. The minimum absolute atomic E-state index is 0.841. The second kappa shape index (κ2) is 5.56. The van der Waals surface area contributed by atoms with Gasteiger partial charge in [-0.05, 0) is 0 Å². The summed E-state index contributed by atoms with van der Waals surface area (Å²) in [5, 5.41) is 0. The molecule has 0 atom stereocenters. The summed E-state index contributed by atoms with van der Waals surface area (Å²) in [6.07, 6.45) is 0.841. The van der Waals surface area contributed by atoms with Crippen LogP contribution < -0.4 is 0 Å². The standard InChI is InChI=1S/C2H5BOS2/c1-2-5-6-3-4/h2H2,1H3. The fourth-order valence-corrected chi connectivity index (χ4v) is 0.862. The Hall–Kier alpha value is 0.565. The zero-order valence-electron chi connectivity index (χ0n) is 3.51. The van der Waals surface area contributed by atoms with Crippen LogP contribution in [0.1, 0.15) is 6.92 Å². The van der Waals surface area contributed by atoms with Crippen LogP contribution in [0.25, 0.3) is 0 Å². The summed E-state index contributed by atoms with van der Waals surface area (Å²) in [6, 6.07) is 0. The maximum absolute atomic E-state index is 9.51. The van der Waals surface area contributed by atoms with E-state index in [9.17, 15) is 4.70 Å². The van der Waals surface area contributed by atoms with Gasteiger partial charge in [-0.15, -0.1) is 0 Å². The van der Waals surface area contributed by atoms with E-state index >= 15 is 0 Å². The monoisotopic (exact) mass is 120 g/mol. The van der Waals surface area contributed by atoms with E-state index in [0.717, 1.165) is 12.2 Å². The summed E-state index contributed by atoms with van der Waals surface area (Å²) in [7, 11) is 2.80. The van der Waals surface area contributed by atoms with Gasteiger partial charge in [-0.25, -0.2) is 0 Å². The molecule has 0 bridgehead atoms. The molecule has 34 valence electrons. The Morgan fingerprint density at radius 1 is 1.83 bits per heavy atom. The molecule has 0 heterocycles. The van der Waals surface area contributed by atoms with Crippen molar-refractivity contribution in [3.8, 4) is 0 Å². The SMILES string of the molecule is CCSSB=O. The van der Waals surface area contributed by atoms with Gasteiger partial charge in [0.15, 0.2) is 0 Å². The first-order valence-electron chi connectivity index (χ1n) is 1.63. The molecule has 0 saturated carbocycles. The Bertz CT molecular complexity index is 40.5. The van der Waals surface area contributed by atoms with Gasteiger partial charge in [0.25, 0.3) is 0 Å². The number of hydrogen-bond donors (Lipinski definition) is 0. The summed E-state index contributed by atoms with van der Waals surface area (Å²) in [4.78, 5) is 0. The Balaban J connectivity index is 2.49. The number of rotatable bonds is 3. The summed E-state index contributed by atoms with van der Waals surface area (Å²) >= 11 is 0. The first-order valence-corrected chi connectivity index (χ1v) is 4.02. The zero-order chi connectivity index (χ0) is 4.83. The fraction of sp³-hybridized carbons (Fsp3) is 1.00. The molecule has 4 heteroatoms. The van der Waals surface area contributed by atoms with Gasteiger partial charge in [-0.1, -0.05) is 0 Å². The molecule has 1 nitrogen and oxygen atoms in total.